The number of aryl methyl sites for hydroxylation is 2. The van der Waals surface area contributed by atoms with Crippen LogP contribution in [0.3, 0.4) is 0 Å². The summed E-state index contributed by atoms with van der Waals surface area (Å²) in [6.45, 7) is 15.5. The number of carbonyl (C=O) groups excluding carboxylic acids is 6. The zero-order chi connectivity index (χ0) is 52.2. The number of pyridine rings is 1. The van der Waals surface area contributed by atoms with Gasteiger partial charge >= 0.3 is 36.2 Å². The van der Waals surface area contributed by atoms with Crippen molar-refractivity contribution < 1.29 is 66.9 Å². The average Bonchev–Trinajstić information content (AvgIpc) is 3.29. The predicted octanol–water partition coefficient (Wildman–Crippen LogP) is 8.24. The first kappa shape index (κ1) is 56.4. The number of aromatic nitrogens is 1. The molecule has 4 aromatic rings. The second kappa shape index (κ2) is 26.7. The van der Waals surface area contributed by atoms with Gasteiger partial charge in [-0.25, -0.2) is 33.3 Å². The van der Waals surface area contributed by atoms with Crippen LogP contribution in [-0.2, 0) is 82.0 Å². The van der Waals surface area contributed by atoms with Gasteiger partial charge in [0.25, 0.3) is 0 Å². The third-order valence-electron chi connectivity index (χ3n) is 10.2. The number of unbranched alkanes of at least 4 members (excludes halogenated alkanes) is 1. The fourth-order valence-electron chi connectivity index (χ4n) is 6.97. The minimum atomic E-state index is -1.34. The number of nitrogens with zero attached hydrogens (tertiary/aromatic N) is 1. The molecular weight excluding hydrogens is 913 g/mol. The maximum absolute atomic E-state index is 13.8. The van der Waals surface area contributed by atoms with Gasteiger partial charge in [0, 0.05) is 24.0 Å². The summed E-state index contributed by atoms with van der Waals surface area (Å²) in [5.74, 6) is -2.38. The highest BCUT2D eigenvalue weighted by atomic mass is 16.6. The maximum atomic E-state index is 13.8. The van der Waals surface area contributed by atoms with E-state index in [2.05, 4.69) is 16.0 Å². The Morgan fingerprint density at radius 1 is 0.507 bits per heavy atom. The lowest BCUT2D eigenvalue weighted by atomic mass is 9.96. The van der Waals surface area contributed by atoms with Gasteiger partial charge in [-0.3, -0.25) is 0 Å². The normalized spacial score (nSPS) is 12.8. The molecule has 0 spiro atoms. The molecule has 0 fully saturated rings. The van der Waals surface area contributed by atoms with Gasteiger partial charge in [-0.15, -0.1) is 0 Å². The highest BCUT2D eigenvalue weighted by Crippen LogP contribution is 2.25. The van der Waals surface area contributed by atoms with Crippen LogP contribution in [-0.4, -0.2) is 76.2 Å². The van der Waals surface area contributed by atoms with E-state index >= 15 is 0 Å². The smallest absolute Gasteiger partial charge is 0.408 e. The third kappa shape index (κ3) is 22.0. The zero-order valence-corrected chi connectivity index (χ0v) is 42.4. The Kier molecular flexibility index (Phi) is 21.2. The number of rotatable bonds is 22. The topological polar surface area (TPSA) is 218 Å². The summed E-state index contributed by atoms with van der Waals surface area (Å²) in [5, 5.41) is 19.7. The van der Waals surface area contributed by atoms with Crippen molar-refractivity contribution in [3.63, 3.8) is 0 Å². The number of aromatic hydroxyl groups is 1. The van der Waals surface area contributed by atoms with Gasteiger partial charge in [-0.2, -0.15) is 0 Å². The number of alkyl carbamates (subject to hydrolysis) is 3. The average molecular weight is 984 g/mol. The number of hydrogen-bond donors (Lipinski definition) is 4. The van der Waals surface area contributed by atoms with Crippen molar-refractivity contribution in [2.45, 2.75) is 162 Å². The number of ether oxygens (including phenoxy) is 6. The van der Waals surface area contributed by atoms with Crippen molar-refractivity contribution in [1.29, 1.82) is 0 Å². The first-order chi connectivity index (χ1) is 33.4. The maximum Gasteiger partial charge on any atom is 0.408 e. The first-order valence-corrected chi connectivity index (χ1v) is 23.8. The number of nitrogens with one attached hydrogen (secondary N) is 3. The molecule has 3 unspecified atom stereocenters. The van der Waals surface area contributed by atoms with Gasteiger partial charge < -0.3 is 49.5 Å². The van der Waals surface area contributed by atoms with E-state index in [0.717, 1.165) is 16.7 Å². The molecule has 0 aliphatic rings. The Morgan fingerprint density at radius 2 is 0.873 bits per heavy atom. The van der Waals surface area contributed by atoms with Crippen LogP contribution in [0.1, 0.15) is 116 Å². The lowest BCUT2D eigenvalue weighted by Crippen LogP contribution is -2.46. The lowest BCUT2D eigenvalue weighted by molar-refractivity contribution is -0.698. The van der Waals surface area contributed by atoms with Crippen LogP contribution in [0.15, 0.2) is 103 Å². The van der Waals surface area contributed by atoms with Gasteiger partial charge in [-0.1, -0.05) is 91.0 Å². The fraction of sp³-hybridized carbons (Fsp3) is 0.463. The van der Waals surface area contributed by atoms with Gasteiger partial charge in [0.2, 0.25) is 6.20 Å². The van der Waals surface area contributed by atoms with E-state index in [0.29, 0.717) is 24.9 Å². The zero-order valence-electron chi connectivity index (χ0n) is 42.4. The van der Waals surface area contributed by atoms with Crippen molar-refractivity contribution in [2.24, 2.45) is 0 Å². The number of carbonyl (C=O) groups is 6. The second-order valence-electron chi connectivity index (χ2n) is 20.0. The Hall–Kier alpha value is -7.17. The predicted molar refractivity (Wildman–Crippen MR) is 262 cm³/mol. The molecule has 0 aliphatic heterocycles. The monoisotopic (exact) mass is 984 g/mol. The summed E-state index contributed by atoms with van der Waals surface area (Å²) in [5.41, 5.74) is 0.261. The van der Waals surface area contributed by atoms with Gasteiger partial charge in [0.15, 0.2) is 11.9 Å². The summed E-state index contributed by atoms with van der Waals surface area (Å²) in [7, 11) is 0. The standard InChI is InChI=1S/C54H70N4O13/c1-52(2,3)69-46(60)42(55-49(63)66-34-37-21-13-10-14-22-37)27-19-20-30-58-32-40(28-29-43(47(61)70-53(4,5)6)56-50(64)67-35-38-23-15-11-16-24-38)41(45(59)33-58)31-44(48(62)71-54(7,8)9)57-51(65)68-36-39-25-17-12-18-26-39/h10-18,21-26,32-33,42-44H,19-20,27-31,34-36H2,1-9H3,(H3-,55,56,57,59,63,64,65)/p+1. The highest BCUT2D eigenvalue weighted by Gasteiger charge is 2.33. The molecule has 0 aliphatic carbocycles. The molecule has 3 atom stereocenters. The molecule has 1 aromatic heterocycles. The van der Waals surface area contributed by atoms with Crippen LogP contribution < -0.4 is 20.5 Å². The summed E-state index contributed by atoms with van der Waals surface area (Å²) in [4.78, 5) is 80.1. The van der Waals surface area contributed by atoms with Crippen LogP contribution in [0.4, 0.5) is 14.4 Å². The molecule has 384 valence electrons. The van der Waals surface area contributed by atoms with Crippen molar-refractivity contribution in [3.05, 3.63) is 131 Å². The van der Waals surface area contributed by atoms with Crippen LogP contribution in [0.2, 0.25) is 0 Å². The Labute approximate surface area is 416 Å². The summed E-state index contributed by atoms with van der Waals surface area (Å²) in [6, 6.07) is 23.6. The van der Waals surface area contributed by atoms with Crippen LogP contribution >= 0.6 is 0 Å². The summed E-state index contributed by atoms with van der Waals surface area (Å²) in [6.07, 6.45) is 1.47. The molecule has 4 rings (SSSR count). The summed E-state index contributed by atoms with van der Waals surface area (Å²) >= 11 is 0. The van der Waals surface area contributed by atoms with E-state index < -0.39 is 71.1 Å². The minimum absolute atomic E-state index is 0.00598. The Balaban J connectivity index is 1.61. The number of hydrogen-bond acceptors (Lipinski definition) is 13. The number of amides is 3. The molecule has 0 saturated heterocycles. The van der Waals surface area contributed by atoms with Crippen molar-refractivity contribution in [3.8, 4) is 5.75 Å². The lowest BCUT2D eigenvalue weighted by Gasteiger charge is -2.26. The molecule has 0 bridgehead atoms. The van der Waals surface area contributed by atoms with E-state index in [-0.39, 0.29) is 56.8 Å². The van der Waals surface area contributed by atoms with E-state index in [1.807, 2.05) is 42.5 Å². The molecule has 4 N–H and O–H groups in total. The molecule has 0 saturated carbocycles. The van der Waals surface area contributed by atoms with Crippen molar-refractivity contribution in [1.82, 2.24) is 16.0 Å². The van der Waals surface area contributed by atoms with E-state index in [1.165, 1.54) is 6.20 Å². The van der Waals surface area contributed by atoms with E-state index in [1.54, 1.807) is 122 Å². The minimum Gasteiger partial charge on any atom is -0.503 e. The first-order valence-electron chi connectivity index (χ1n) is 23.8. The quantitative estimate of drug-likeness (QED) is 0.0253. The van der Waals surface area contributed by atoms with Gasteiger partial charge in [0.1, 0.15) is 61.3 Å². The molecule has 3 aromatic carbocycles. The third-order valence-corrected chi connectivity index (χ3v) is 10.2. The molecule has 17 heteroatoms. The highest BCUT2D eigenvalue weighted by molar-refractivity contribution is 5.83. The van der Waals surface area contributed by atoms with Crippen molar-refractivity contribution in [2.75, 3.05) is 0 Å². The molecule has 71 heavy (non-hydrogen) atoms. The van der Waals surface area contributed by atoms with Crippen LogP contribution in [0.25, 0.3) is 0 Å². The summed E-state index contributed by atoms with van der Waals surface area (Å²) < 4.78 is 35.1. The molecule has 0 radical (unpaired) electrons. The van der Waals surface area contributed by atoms with Crippen molar-refractivity contribution >= 4 is 36.2 Å². The number of benzene rings is 3. The fourth-order valence-corrected chi connectivity index (χ4v) is 6.97. The molecular formula is C54H71N4O13+. The largest absolute Gasteiger partial charge is 0.503 e. The Morgan fingerprint density at radius 3 is 1.27 bits per heavy atom. The van der Waals surface area contributed by atoms with E-state index in [9.17, 15) is 33.9 Å². The molecule has 17 nitrogen and oxygen atoms in total. The van der Waals surface area contributed by atoms with Gasteiger partial charge in [-0.05, 0) is 105 Å². The Bertz CT molecular complexity index is 2360. The SMILES string of the molecule is CC(C)(C)OC(=O)C(CCCC[n+]1cc(O)c(CC(NC(=O)OCc2ccccc2)C(=O)OC(C)(C)C)c(CCC(NC(=O)OCc2ccccc2)C(=O)OC(C)(C)C)c1)NC(=O)OCc1ccccc1. The van der Waals surface area contributed by atoms with E-state index in [4.69, 9.17) is 28.4 Å². The van der Waals surface area contributed by atoms with Crippen LogP contribution in [0, 0.1) is 0 Å². The molecule has 3 amide bonds. The van der Waals surface area contributed by atoms with Gasteiger partial charge in [0.05, 0.1) is 0 Å². The second-order valence-corrected chi connectivity index (χ2v) is 20.0. The number of esters is 3. The van der Waals surface area contributed by atoms with Crippen LogP contribution in [0.5, 0.6) is 5.75 Å². The molecule has 1 heterocycles.